The number of nitrogens with zero attached hydrogens (tertiary/aromatic N) is 4. The normalized spacial score (nSPS) is 20.1. The number of piperazine rings is 1. The Morgan fingerprint density at radius 1 is 1.00 bits per heavy atom. The van der Waals surface area contributed by atoms with E-state index in [1.54, 1.807) is 34.0 Å². The van der Waals surface area contributed by atoms with E-state index in [4.69, 9.17) is 0 Å². The predicted octanol–water partition coefficient (Wildman–Crippen LogP) is 4.06. The minimum Gasteiger partial charge on any atom is -0.380 e. The zero-order valence-corrected chi connectivity index (χ0v) is 29.3. The van der Waals surface area contributed by atoms with Gasteiger partial charge in [0.1, 0.15) is 29.4 Å². The number of benzene rings is 1. The highest BCUT2D eigenvalue weighted by Crippen LogP contribution is 2.33. The van der Waals surface area contributed by atoms with E-state index in [-0.39, 0.29) is 36.1 Å². The second kappa shape index (κ2) is 16.1. The van der Waals surface area contributed by atoms with Crippen molar-refractivity contribution in [2.45, 2.75) is 102 Å². The summed E-state index contributed by atoms with van der Waals surface area (Å²) in [6.45, 7) is 8.26. The number of rotatable bonds is 13. The predicted molar refractivity (Wildman–Crippen MR) is 186 cm³/mol. The van der Waals surface area contributed by atoms with Crippen LogP contribution >= 0.6 is 0 Å². The number of nitrogens with one attached hydrogen (secondary N) is 4. The molecule has 0 unspecified atom stereocenters. The maximum Gasteiger partial charge on any atom is 0.315 e. The molecule has 2 aliphatic carbocycles. The molecule has 4 N–H and O–H groups in total. The molecule has 3 fully saturated rings. The Bertz CT molecular complexity index is 1460. The van der Waals surface area contributed by atoms with Crippen molar-refractivity contribution >= 4 is 29.8 Å². The van der Waals surface area contributed by atoms with Gasteiger partial charge in [0.25, 0.3) is 5.91 Å². The fraction of sp³-hybridized carbons (Fsp3) is 0.639. The van der Waals surface area contributed by atoms with Gasteiger partial charge < -0.3 is 35.9 Å². The van der Waals surface area contributed by atoms with Gasteiger partial charge in [-0.15, -0.1) is 0 Å². The second-order valence-corrected chi connectivity index (χ2v) is 14.4. The van der Waals surface area contributed by atoms with Crippen molar-refractivity contribution < 1.29 is 23.6 Å². The van der Waals surface area contributed by atoms with Crippen LogP contribution in [-0.2, 0) is 9.59 Å². The van der Waals surface area contributed by atoms with E-state index in [1.165, 1.54) is 6.07 Å². The van der Waals surface area contributed by atoms with Gasteiger partial charge in [-0.05, 0) is 76.3 Å². The molecule has 1 aliphatic heterocycles. The molecule has 12 nitrogen and oxygen atoms in total. The van der Waals surface area contributed by atoms with Crippen molar-refractivity contribution in [2.75, 3.05) is 45.1 Å². The van der Waals surface area contributed by atoms with Gasteiger partial charge >= 0.3 is 6.03 Å². The first-order valence-electron chi connectivity index (χ1n) is 17.9. The number of hydrogen-bond donors (Lipinski definition) is 4. The average molecular weight is 681 g/mol. The lowest BCUT2D eigenvalue weighted by molar-refractivity contribution is -0.135. The van der Waals surface area contributed by atoms with Crippen LogP contribution in [0.15, 0.2) is 30.5 Å². The number of likely N-dealkylation sites (N-methyl/N-ethyl adjacent to an activating group) is 1. The van der Waals surface area contributed by atoms with Gasteiger partial charge in [0.2, 0.25) is 5.91 Å². The number of hydrogen-bond acceptors (Lipinski definition) is 7. The molecule has 1 aromatic carbocycles. The molecule has 0 bridgehead atoms. The van der Waals surface area contributed by atoms with Gasteiger partial charge in [-0.3, -0.25) is 14.3 Å². The summed E-state index contributed by atoms with van der Waals surface area (Å²) in [6, 6.07) is 5.15. The van der Waals surface area contributed by atoms with Crippen LogP contribution in [-0.4, -0.2) is 101 Å². The van der Waals surface area contributed by atoms with Gasteiger partial charge in [-0.1, -0.05) is 38.7 Å². The van der Waals surface area contributed by atoms with Gasteiger partial charge in [-0.2, -0.15) is 5.10 Å². The zero-order chi connectivity index (χ0) is 35.1. The molecule has 2 heterocycles. The first-order chi connectivity index (χ1) is 23.5. The third-order valence-electron chi connectivity index (χ3n) is 10.4. The van der Waals surface area contributed by atoms with Gasteiger partial charge in [0.15, 0.2) is 0 Å². The summed E-state index contributed by atoms with van der Waals surface area (Å²) in [7, 11) is 2.01. The van der Waals surface area contributed by atoms with Crippen LogP contribution in [0.2, 0.25) is 0 Å². The van der Waals surface area contributed by atoms with Gasteiger partial charge in [0.05, 0.1) is 5.69 Å². The van der Waals surface area contributed by atoms with E-state index in [9.17, 15) is 19.2 Å². The highest BCUT2D eigenvalue weighted by molar-refractivity contribution is 5.95. The van der Waals surface area contributed by atoms with E-state index in [0.717, 1.165) is 70.7 Å². The average Bonchev–Trinajstić information content (AvgIpc) is 3.83. The molecule has 3 atom stereocenters. The SMILES string of the molecule is CC(C)n1nccc1C(=O)N[C@@](C=O)(CNc1ccc([C@H](C)[C@@H](NC(=O)NC2CC2)C(=O)N2CCN(C)CC2)cc1F)C1CCCCCC1. The quantitative estimate of drug-likeness (QED) is 0.185. The van der Waals surface area contributed by atoms with Crippen molar-refractivity contribution in [3.05, 3.63) is 47.5 Å². The molecule has 2 aromatic rings. The van der Waals surface area contributed by atoms with E-state index >= 15 is 4.39 Å². The molecule has 4 amide bonds. The second-order valence-electron chi connectivity index (χ2n) is 14.4. The molecular weight excluding hydrogens is 627 g/mol. The molecule has 3 aliphatic rings. The first kappa shape index (κ1) is 36.3. The number of amides is 4. The van der Waals surface area contributed by atoms with Crippen LogP contribution < -0.4 is 21.3 Å². The third-order valence-corrected chi connectivity index (χ3v) is 10.4. The number of aromatic nitrogens is 2. The summed E-state index contributed by atoms with van der Waals surface area (Å²) in [4.78, 5) is 57.1. The molecular formula is C36H53FN8O4. The Hall–Kier alpha value is -4.00. The van der Waals surface area contributed by atoms with Crippen molar-refractivity contribution in [2.24, 2.45) is 5.92 Å². The highest BCUT2D eigenvalue weighted by atomic mass is 19.1. The molecule has 2 saturated carbocycles. The van der Waals surface area contributed by atoms with E-state index < -0.39 is 35.3 Å². The summed E-state index contributed by atoms with van der Waals surface area (Å²) >= 11 is 0. The monoisotopic (exact) mass is 680 g/mol. The highest BCUT2D eigenvalue weighted by Gasteiger charge is 2.41. The molecule has 5 rings (SSSR count). The number of carbonyl (C=O) groups is 4. The maximum atomic E-state index is 15.9. The topological polar surface area (TPSA) is 141 Å². The summed E-state index contributed by atoms with van der Waals surface area (Å²) in [5.74, 6) is -1.80. The van der Waals surface area contributed by atoms with Crippen LogP contribution in [0.5, 0.6) is 0 Å². The Morgan fingerprint density at radius 3 is 2.31 bits per heavy atom. The lowest BCUT2D eigenvalue weighted by Crippen LogP contribution is -2.59. The smallest absolute Gasteiger partial charge is 0.315 e. The Labute approximate surface area is 288 Å². The van der Waals surface area contributed by atoms with Crippen LogP contribution in [0.4, 0.5) is 14.9 Å². The van der Waals surface area contributed by atoms with Crippen LogP contribution in [0, 0.1) is 11.7 Å². The largest absolute Gasteiger partial charge is 0.380 e. The molecule has 0 spiro atoms. The number of halogens is 1. The standard InChI is InChI=1S/C36H53FN8O4/c1-24(2)45-31(15-16-39-45)33(47)42-36(23-46,27-9-7-5-6-8-10-27)22-38-30-14-11-26(21-29(30)37)25(3)32(41-35(49)40-28-12-13-28)34(48)44-19-17-43(4)18-20-44/h11,14-16,21,23-25,27-28,32,38H,5-10,12-13,17-20,22H2,1-4H3,(H,42,47)(H2,40,41,49)/t25-,32+,36+/m0/s1. The number of carbonyl (C=O) groups excluding carboxylic acids is 4. The van der Waals surface area contributed by atoms with Crippen LogP contribution in [0.1, 0.15) is 100 Å². The van der Waals surface area contributed by atoms with Crippen molar-refractivity contribution in [3.63, 3.8) is 0 Å². The fourth-order valence-corrected chi connectivity index (χ4v) is 7.05. The maximum absolute atomic E-state index is 15.9. The summed E-state index contributed by atoms with van der Waals surface area (Å²) in [5.41, 5.74) is -0.175. The number of urea groups is 1. The molecule has 1 aromatic heterocycles. The lowest BCUT2D eigenvalue weighted by Gasteiger charge is -2.37. The summed E-state index contributed by atoms with van der Waals surface area (Å²) in [6.07, 6.45) is 9.77. The number of anilines is 1. The van der Waals surface area contributed by atoms with Crippen LogP contribution in [0.25, 0.3) is 0 Å². The summed E-state index contributed by atoms with van der Waals surface area (Å²) in [5, 5.41) is 16.3. The molecule has 0 radical (unpaired) electrons. The van der Waals surface area contributed by atoms with E-state index in [0.29, 0.717) is 24.3 Å². The molecule has 268 valence electrons. The van der Waals surface area contributed by atoms with Crippen molar-refractivity contribution in [3.8, 4) is 0 Å². The van der Waals surface area contributed by atoms with Crippen molar-refractivity contribution in [1.82, 2.24) is 35.5 Å². The van der Waals surface area contributed by atoms with E-state index in [2.05, 4.69) is 31.3 Å². The van der Waals surface area contributed by atoms with Crippen LogP contribution in [0.3, 0.4) is 0 Å². The molecule has 1 saturated heterocycles. The van der Waals surface area contributed by atoms with Gasteiger partial charge in [-0.25, -0.2) is 9.18 Å². The third kappa shape index (κ3) is 8.97. The number of aldehydes is 1. The summed E-state index contributed by atoms with van der Waals surface area (Å²) < 4.78 is 17.5. The first-order valence-corrected chi connectivity index (χ1v) is 17.9. The lowest BCUT2D eigenvalue weighted by atomic mass is 9.79. The van der Waals surface area contributed by atoms with Gasteiger partial charge in [0, 0.05) is 56.9 Å². The zero-order valence-electron chi connectivity index (χ0n) is 29.3. The fourth-order valence-electron chi connectivity index (χ4n) is 7.05. The van der Waals surface area contributed by atoms with Crippen molar-refractivity contribution in [1.29, 1.82) is 0 Å². The Balaban J connectivity index is 1.34. The van der Waals surface area contributed by atoms with E-state index in [1.807, 2.05) is 27.8 Å². The molecule has 13 heteroatoms. The minimum atomic E-state index is -1.27. The Morgan fingerprint density at radius 2 is 1.69 bits per heavy atom. The Kier molecular flexibility index (Phi) is 12.0. The molecule has 49 heavy (non-hydrogen) atoms. The minimum absolute atomic E-state index is 0.00194.